The molecular formula is C19H16ClNO5. The summed E-state index contributed by atoms with van der Waals surface area (Å²) < 4.78 is 15.9. The van der Waals surface area contributed by atoms with E-state index in [1.165, 1.54) is 21.3 Å². The molecule has 134 valence electrons. The van der Waals surface area contributed by atoms with Gasteiger partial charge in [0.1, 0.15) is 5.69 Å². The molecule has 0 saturated heterocycles. The maximum atomic E-state index is 12.1. The highest BCUT2D eigenvalue weighted by Crippen LogP contribution is 2.41. The summed E-state index contributed by atoms with van der Waals surface area (Å²) in [6.45, 7) is 0. The number of ether oxygens (including phenoxy) is 3. The molecule has 0 heterocycles. The first-order valence-electron chi connectivity index (χ1n) is 7.66. The molecule has 7 heteroatoms. The number of methoxy groups -OCH3 is 3. The van der Waals surface area contributed by atoms with Gasteiger partial charge in [0.05, 0.1) is 26.9 Å². The lowest BCUT2D eigenvalue weighted by atomic mass is 9.98. The Morgan fingerprint density at radius 2 is 1.42 bits per heavy atom. The van der Waals surface area contributed by atoms with Crippen molar-refractivity contribution in [3.05, 3.63) is 61.9 Å². The lowest BCUT2D eigenvalue weighted by Gasteiger charge is -2.17. The summed E-state index contributed by atoms with van der Waals surface area (Å²) in [4.78, 5) is 24.1. The Morgan fingerprint density at radius 3 is 1.92 bits per heavy atom. The number of nitrogens with one attached hydrogen (secondary N) is 1. The van der Waals surface area contributed by atoms with E-state index in [0.717, 1.165) is 0 Å². The molecule has 3 aromatic rings. The van der Waals surface area contributed by atoms with Crippen LogP contribution in [-0.4, -0.2) is 21.3 Å². The number of hydrogen-bond donors (Lipinski definition) is 1. The largest absolute Gasteiger partial charge is 0.493 e. The van der Waals surface area contributed by atoms with Crippen molar-refractivity contribution < 1.29 is 14.2 Å². The fourth-order valence-electron chi connectivity index (χ4n) is 2.70. The van der Waals surface area contributed by atoms with E-state index in [1.54, 1.807) is 36.4 Å². The van der Waals surface area contributed by atoms with E-state index < -0.39 is 10.9 Å². The van der Waals surface area contributed by atoms with Crippen LogP contribution in [0.1, 0.15) is 0 Å². The van der Waals surface area contributed by atoms with Gasteiger partial charge in [0.15, 0.2) is 11.5 Å². The van der Waals surface area contributed by atoms with E-state index in [4.69, 9.17) is 25.8 Å². The molecule has 26 heavy (non-hydrogen) atoms. The minimum Gasteiger partial charge on any atom is -0.493 e. The minimum atomic E-state index is -0.580. The zero-order valence-corrected chi connectivity index (χ0v) is 15.1. The van der Waals surface area contributed by atoms with Gasteiger partial charge in [-0.3, -0.25) is 9.59 Å². The molecule has 0 saturated carbocycles. The van der Waals surface area contributed by atoms with Gasteiger partial charge in [-0.05, 0) is 17.7 Å². The molecule has 0 radical (unpaired) electrons. The fraction of sp³-hybridized carbons (Fsp3) is 0.158. The number of benzene rings is 2. The Bertz CT molecular complexity index is 995. The van der Waals surface area contributed by atoms with Crippen molar-refractivity contribution in [1.29, 1.82) is 0 Å². The predicted molar refractivity (Wildman–Crippen MR) is 101 cm³/mol. The van der Waals surface area contributed by atoms with Crippen molar-refractivity contribution in [1.82, 2.24) is 0 Å². The van der Waals surface area contributed by atoms with Gasteiger partial charge in [-0.2, -0.15) is 0 Å². The topological polar surface area (TPSA) is 73.9 Å². The molecule has 3 rings (SSSR count). The minimum absolute atomic E-state index is 0.214. The molecule has 0 bridgehead atoms. The van der Waals surface area contributed by atoms with Crippen molar-refractivity contribution in [2.24, 2.45) is 0 Å². The highest BCUT2D eigenvalue weighted by molar-refractivity contribution is 6.30. The number of rotatable bonds is 6. The molecule has 0 atom stereocenters. The third-order valence-corrected chi connectivity index (χ3v) is 4.23. The third kappa shape index (κ3) is 2.99. The van der Waals surface area contributed by atoms with Gasteiger partial charge in [-0.15, -0.1) is 0 Å². The zero-order valence-electron chi connectivity index (χ0n) is 14.4. The van der Waals surface area contributed by atoms with Crippen LogP contribution < -0.4 is 30.4 Å². The number of anilines is 2. The first-order chi connectivity index (χ1) is 12.5. The van der Waals surface area contributed by atoms with Crippen molar-refractivity contribution in [3.63, 3.8) is 0 Å². The molecule has 0 aromatic heterocycles. The molecule has 3 aromatic carbocycles. The van der Waals surface area contributed by atoms with Crippen molar-refractivity contribution in [2.45, 2.75) is 0 Å². The van der Waals surface area contributed by atoms with Crippen LogP contribution in [0, 0.1) is 0 Å². The normalized spacial score (nSPS) is 10.6. The quantitative estimate of drug-likeness (QED) is 0.668. The smallest absolute Gasteiger partial charge is 0.250 e. The summed E-state index contributed by atoms with van der Waals surface area (Å²) in [6.07, 6.45) is 0. The zero-order chi connectivity index (χ0) is 18.8. The average molecular weight is 374 g/mol. The summed E-state index contributed by atoms with van der Waals surface area (Å²) in [5, 5.41) is 3.53. The van der Waals surface area contributed by atoms with E-state index in [1.807, 2.05) is 0 Å². The van der Waals surface area contributed by atoms with E-state index in [-0.39, 0.29) is 5.69 Å². The first-order valence-corrected chi connectivity index (χ1v) is 8.04. The summed E-state index contributed by atoms with van der Waals surface area (Å²) in [5.41, 5.74) is 0.564. The monoisotopic (exact) mass is 373 g/mol. The predicted octanol–water partition coefficient (Wildman–Crippen LogP) is 3.37. The van der Waals surface area contributed by atoms with E-state index in [0.29, 0.717) is 39.1 Å². The second-order valence-corrected chi connectivity index (χ2v) is 5.89. The van der Waals surface area contributed by atoms with Crippen LogP contribution in [0.25, 0.3) is 11.1 Å². The fourth-order valence-corrected chi connectivity index (χ4v) is 2.83. The van der Waals surface area contributed by atoms with Gasteiger partial charge in [0.25, 0.3) is 5.43 Å². The summed E-state index contributed by atoms with van der Waals surface area (Å²) in [5.74, 6) is 1.30. The molecule has 0 amide bonds. The van der Waals surface area contributed by atoms with Gasteiger partial charge < -0.3 is 19.5 Å². The van der Waals surface area contributed by atoms with Crippen molar-refractivity contribution in [2.75, 3.05) is 26.6 Å². The van der Waals surface area contributed by atoms with E-state index >= 15 is 0 Å². The second-order valence-electron chi connectivity index (χ2n) is 5.45. The van der Waals surface area contributed by atoms with Gasteiger partial charge in [-0.1, -0.05) is 23.7 Å². The van der Waals surface area contributed by atoms with Gasteiger partial charge in [-0.25, -0.2) is 0 Å². The summed E-state index contributed by atoms with van der Waals surface area (Å²) in [6, 6.07) is 10.0. The van der Waals surface area contributed by atoms with Gasteiger partial charge in [0, 0.05) is 22.8 Å². The highest BCUT2D eigenvalue weighted by Gasteiger charge is 2.23. The van der Waals surface area contributed by atoms with Gasteiger partial charge in [0.2, 0.25) is 11.2 Å². The Kier molecular flexibility index (Phi) is 4.86. The Hall–Kier alpha value is -2.99. The van der Waals surface area contributed by atoms with Crippen LogP contribution in [0.5, 0.6) is 17.2 Å². The van der Waals surface area contributed by atoms with Crippen LogP contribution in [0.4, 0.5) is 11.4 Å². The number of hydrogen-bond acceptors (Lipinski definition) is 6. The molecule has 0 unspecified atom stereocenters. The Morgan fingerprint density at radius 1 is 0.846 bits per heavy atom. The van der Waals surface area contributed by atoms with Crippen molar-refractivity contribution in [3.8, 4) is 28.4 Å². The standard InChI is InChI=1S/C19H16ClNO5/c1-24-13-8-12(9-14(25-2)19(13)26-3)21-16-15(17(22)18(16)23)10-4-6-11(20)7-5-10/h4-9,21H,1-3H3. The van der Waals surface area contributed by atoms with Crippen LogP contribution in [-0.2, 0) is 0 Å². The van der Waals surface area contributed by atoms with Crippen LogP contribution in [0.15, 0.2) is 46.0 Å². The Labute approximate surface area is 154 Å². The molecule has 0 aliphatic rings. The Balaban J connectivity index is 2.03. The SMILES string of the molecule is COc1cc(Nc2c(-c3ccc(Cl)cc3)c(=O)c2=O)cc(OC)c1OC. The molecule has 0 spiro atoms. The van der Waals surface area contributed by atoms with Crippen LogP contribution in [0.2, 0.25) is 5.02 Å². The molecule has 6 nitrogen and oxygen atoms in total. The van der Waals surface area contributed by atoms with Crippen molar-refractivity contribution >= 4 is 23.0 Å². The average Bonchev–Trinajstić information content (AvgIpc) is 2.67. The molecule has 0 aliphatic carbocycles. The second kappa shape index (κ2) is 7.09. The summed E-state index contributed by atoms with van der Waals surface area (Å²) in [7, 11) is 4.50. The maximum absolute atomic E-state index is 12.1. The highest BCUT2D eigenvalue weighted by atomic mass is 35.5. The first kappa shape index (κ1) is 17.8. The van der Waals surface area contributed by atoms with E-state index in [2.05, 4.69) is 5.32 Å². The molecule has 0 aliphatic heterocycles. The maximum Gasteiger partial charge on any atom is 0.250 e. The van der Waals surface area contributed by atoms with Gasteiger partial charge >= 0.3 is 0 Å². The van der Waals surface area contributed by atoms with Crippen LogP contribution in [0.3, 0.4) is 0 Å². The van der Waals surface area contributed by atoms with Crippen LogP contribution >= 0.6 is 11.6 Å². The lowest BCUT2D eigenvalue weighted by molar-refractivity contribution is 0.324. The molecular weight excluding hydrogens is 358 g/mol. The lowest BCUT2D eigenvalue weighted by Crippen LogP contribution is -2.35. The molecule has 0 fully saturated rings. The third-order valence-electron chi connectivity index (χ3n) is 3.98. The molecule has 1 N–H and O–H groups in total. The number of halogens is 1. The van der Waals surface area contributed by atoms with E-state index in [9.17, 15) is 9.59 Å². The summed E-state index contributed by atoms with van der Waals surface area (Å²) >= 11 is 5.88.